The van der Waals surface area contributed by atoms with Crippen molar-refractivity contribution in [2.45, 2.75) is 51.6 Å². The van der Waals surface area contributed by atoms with E-state index in [1.165, 1.54) is 32.1 Å². The Morgan fingerprint density at radius 3 is 2.26 bits per heavy atom. The first kappa shape index (κ1) is 26.0. The summed E-state index contributed by atoms with van der Waals surface area (Å²) in [4.78, 5) is 16.4. The van der Waals surface area contributed by atoms with Crippen LogP contribution in [0.4, 0.5) is 5.00 Å². The average Bonchev–Trinajstić information content (AvgIpc) is 3.30. The smallest absolute Gasteiger partial charge is 0.196 e. The minimum absolute atomic E-state index is 0.0107. The maximum absolute atomic E-state index is 13.4. The summed E-state index contributed by atoms with van der Waals surface area (Å²) in [5.74, 6) is 0.823. The summed E-state index contributed by atoms with van der Waals surface area (Å²) in [6.07, 6.45) is 7.23. The van der Waals surface area contributed by atoms with Crippen molar-refractivity contribution >= 4 is 22.1 Å². The van der Waals surface area contributed by atoms with Gasteiger partial charge in [-0.05, 0) is 42.3 Å². The van der Waals surface area contributed by atoms with Gasteiger partial charge in [0.2, 0.25) is 0 Å². The molecule has 0 saturated carbocycles. The first-order chi connectivity index (χ1) is 16.5. The molecule has 0 N–H and O–H groups in total. The van der Waals surface area contributed by atoms with Crippen LogP contribution >= 0.6 is 11.3 Å². The van der Waals surface area contributed by atoms with E-state index in [4.69, 9.17) is 9.47 Å². The maximum atomic E-state index is 13.4. The van der Waals surface area contributed by atoms with Crippen LogP contribution in [0.3, 0.4) is 0 Å². The van der Waals surface area contributed by atoms with Gasteiger partial charge in [0.05, 0.1) is 12.2 Å². The molecule has 3 aromatic rings. The van der Waals surface area contributed by atoms with E-state index in [0.29, 0.717) is 11.1 Å². The standard InChI is InChI=1S/C29H37NO3S/c1-5-6-7-8-9-13-20-33-24-18-16-22(17-19-24)27(31)25-21-26(34-29(25)30(2)3)28(32-4)23-14-11-10-12-15-23/h10-12,14-19,21,28H,5-9,13,20H2,1-4H3. The zero-order chi connectivity index (χ0) is 24.3. The van der Waals surface area contributed by atoms with Gasteiger partial charge in [-0.2, -0.15) is 0 Å². The molecule has 1 heterocycles. The number of anilines is 1. The molecule has 0 spiro atoms. The fraction of sp³-hybridized carbons (Fsp3) is 0.414. The number of hydrogen-bond acceptors (Lipinski definition) is 5. The predicted molar refractivity (Wildman–Crippen MR) is 143 cm³/mol. The molecule has 1 unspecified atom stereocenters. The summed E-state index contributed by atoms with van der Waals surface area (Å²) in [7, 11) is 5.64. The van der Waals surface area contributed by atoms with Crippen LogP contribution in [0, 0.1) is 0 Å². The van der Waals surface area contributed by atoms with Gasteiger partial charge in [0, 0.05) is 31.6 Å². The molecule has 0 fully saturated rings. The van der Waals surface area contributed by atoms with Gasteiger partial charge < -0.3 is 14.4 Å². The van der Waals surface area contributed by atoms with E-state index < -0.39 is 0 Å². The normalized spacial score (nSPS) is 11.9. The van der Waals surface area contributed by atoms with Crippen LogP contribution in [-0.4, -0.2) is 33.6 Å². The Balaban J connectivity index is 1.69. The lowest BCUT2D eigenvalue weighted by atomic mass is 10.0. The van der Waals surface area contributed by atoms with Crippen molar-refractivity contribution in [3.8, 4) is 5.75 Å². The average molecular weight is 480 g/mol. The number of unbranched alkanes of at least 4 members (excludes halogenated alkanes) is 5. The second-order valence-corrected chi connectivity index (χ2v) is 9.82. The first-order valence-corrected chi connectivity index (χ1v) is 13.0. The number of thiophene rings is 1. The summed E-state index contributed by atoms with van der Waals surface area (Å²) in [6, 6.07) is 19.6. The number of ether oxygens (including phenoxy) is 2. The topological polar surface area (TPSA) is 38.8 Å². The summed E-state index contributed by atoms with van der Waals surface area (Å²) in [6.45, 7) is 2.95. The quantitative estimate of drug-likeness (QED) is 0.177. The van der Waals surface area contributed by atoms with Gasteiger partial charge in [-0.15, -0.1) is 11.3 Å². The van der Waals surface area contributed by atoms with E-state index in [1.807, 2.05) is 67.5 Å². The van der Waals surface area contributed by atoms with Crippen LogP contribution in [0.15, 0.2) is 60.7 Å². The number of carbonyl (C=O) groups excluding carboxylic acids is 1. The van der Waals surface area contributed by atoms with E-state index in [1.54, 1.807) is 18.4 Å². The van der Waals surface area contributed by atoms with Gasteiger partial charge in [0.1, 0.15) is 16.9 Å². The minimum Gasteiger partial charge on any atom is -0.494 e. The third-order valence-electron chi connectivity index (χ3n) is 5.86. The van der Waals surface area contributed by atoms with E-state index in [0.717, 1.165) is 34.2 Å². The molecule has 0 aliphatic heterocycles. The lowest BCUT2D eigenvalue weighted by Crippen LogP contribution is -2.11. The monoisotopic (exact) mass is 479 g/mol. The van der Waals surface area contributed by atoms with Crippen LogP contribution < -0.4 is 9.64 Å². The molecular formula is C29H37NO3S. The molecule has 1 aromatic heterocycles. The molecule has 0 saturated heterocycles. The minimum atomic E-state index is -0.204. The molecule has 4 nitrogen and oxygen atoms in total. The number of carbonyl (C=O) groups is 1. The van der Waals surface area contributed by atoms with Crippen molar-refractivity contribution in [2.75, 3.05) is 32.7 Å². The van der Waals surface area contributed by atoms with Crippen LogP contribution in [0.5, 0.6) is 5.75 Å². The molecule has 0 radical (unpaired) electrons. The molecule has 5 heteroatoms. The molecule has 2 aromatic carbocycles. The first-order valence-electron chi connectivity index (χ1n) is 12.2. The SMILES string of the molecule is CCCCCCCCOc1ccc(C(=O)c2cc(C(OC)c3ccccc3)sc2N(C)C)cc1. The number of methoxy groups -OCH3 is 1. The van der Waals surface area contributed by atoms with E-state index in [9.17, 15) is 4.79 Å². The molecule has 0 aliphatic carbocycles. The summed E-state index contributed by atoms with van der Waals surface area (Å²) >= 11 is 1.60. The Labute approximate surface area is 208 Å². The Morgan fingerprint density at radius 2 is 1.62 bits per heavy atom. The number of rotatable bonds is 14. The lowest BCUT2D eigenvalue weighted by Gasteiger charge is -2.14. The number of hydrogen-bond donors (Lipinski definition) is 0. The summed E-state index contributed by atoms with van der Waals surface area (Å²) in [5.41, 5.74) is 2.43. The lowest BCUT2D eigenvalue weighted by molar-refractivity contribution is 0.103. The van der Waals surface area contributed by atoms with Crippen LogP contribution in [0.1, 0.15) is 77.9 Å². The number of ketones is 1. The zero-order valence-electron chi connectivity index (χ0n) is 20.9. The third-order valence-corrected chi connectivity index (χ3v) is 7.21. The Bertz CT molecular complexity index is 1010. The van der Waals surface area contributed by atoms with E-state index in [-0.39, 0.29) is 11.9 Å². The van der Waals surface area contributed by atoms with Crippen molar-refractivity contribution in [1.82, 2.24) is 0 Å². The highest BCUT2D eigenvalue weighted by atomic mass is 32.1. The zero-order valence-corrected chi connectivity index (χ0v) is 21.7. The highest BCUT2D eigenvalue weighted by Crippen LogP contribution is 2.39. The molecule has 34 heavy (non-hydrogen) atoms. The largest absolute Gasteiger partial charge is 0.494 e. The van der Waals surface area contributed by atoms with Crippen LogP contribution in [-0.2, 0) is 4.74 Å². The van der Waals surface area contributed by atoms with Crippen molar-refractivity contribution in [2.24, 2.45) is 0 Å². The molecule has 0 bridgehead atoms. The Hall–Kier alpha value is -2.63. The fourth-order valence-corrected chi connectivity index (χ4v) is 5.18. The predicted octanol–water partition coefficient (Wildman–Crippen LogP) is 7.52. The van der Waals surface area contributed by atoms with Gasteiger partial charge in [-0.3, -0.25) is 4.79 Å². The van der Waals surface area contributed by atoms with Crippen molar-refractivity contribution in [3.63, 3.8) is 0 Å². The summed E-state index contributed by atoms with van der Waals surface area (Å²) < 4.78 is 11.7. The number of benzene rings is 2. The van der Waals surface area contributed by atoms with Crippen molar-refractivity contribution in [1.29, 1.82) is 0 Å². The number of nitrogens with zero attached hydrogens (tertiary/aromatic N) is 1. The molecule has 3 rings (SSSR count). The third kappa shape index (κ3) is 6.94. The van der Waals surface area contributed by atoms with Gasteiger partial charge in [0.25, 0.3) is 0 Å². The second kappa shape index (κ2) is 13.3. The van der Waals surface area contributed by atoms with Crippen LogP contribution in [0.25, 0.3) is 0 Å². The highest BCUT2D eigenvalue weighted by molar-refractivity contribution is 7.16. The molecule has 1 atom stereocenters. The molecule has 182 valence electrons. The molecule has 0 amide bonds. The molecule has 0 aliphatic rings. The van der Waals surface area contributed by atoms with Gasteiger partial charge in [-0.1, -0.05) is 69.4 Å². The van der Waals surface area contributed by atoms with E-state index in [2.05, 4.69) is 19.1 Å². The van der Waals surface area contributed by atoms with Crippen molar-refractivity contribution < 1.29 is 14.3 Å². The van der Waals surface area contributed by atoms with E-state index >= 15 is 0 Å². The Kier molecular flexibility index (Phi) is 10.2. The fourth-order valence-electron chi connectivity index (χ4n) is 4.00. The van der Waals surface area contributed by atoms with Crippen molar-refractivity contribution in [3.05, 3.63) is 82.2 Å². The maximum Gasteiger partial charge on any atom is 0.196 e. The summed E-state index contributed by atoms with van der Waals surface area (Å²) in [5, 5.41) is 0.932. The highest BCUT2D eigenvalue weighted by Gasteiger charge is 2.24. The van der Waals surface area contributed by atoms with Crippen LogP contribution in [0.2, 0.25) is 0 Å². The second-order valence-electron chi connectivity index (χ2n) is 8.76. The Morgan fingerprint density at radius 1 is 0.941 bits per heavy atom. The van der Waals surface area contributed by atoms with Gasteiger partial charge >= 0.3 is 0 Å². The van der Waals surface area contributed by atoms with Gasteiger partial charge in [-0.25, -0.2) is 0 Å². The molecular weight excluding hydrogens is 442 g/mol. The van der Waals surface area contributed by atoms with Gasteiger partial charge in [0.15, 0.2) is 5.78 Å².